The van der Waals surface area contributed by atoms with Crippen LogP contribution in [-0.2, 0) is 6.54 Å². The van der Waals surface area contributed by atoms with Crippen LogP contribution in [0.1, 0.15) is 46.7 Å². The van der Waals surface area contributed by atoms with Crippen molar-refractivity contribution in [2.45, 2.75) is 57.9 Å². The zero-order valence-electron chi connectivity index (χ0n) is 14.1. The highest BCUT2D eigenvalue weighted by Gasteiger charge is 2.23. The predicted molar refractivity (Wildman–Crippen MR) is 94.2 cm³/mol. The van der Waals surface area contributed by atoms with Gasteiger partial charge in [0, 0.05) is 47.6 Å². The van der Waals surface area contributed by atoms with Crippen LogP contribution in [0.3, 0.4) is 0 Å². The van der Waals surface area contributed by atoms with Gasteiger partial charge in [-0.05, 0) is 39.3 Å². The van der Waals surface area contributed by atoms with Crippen LogP contribution in [0.15, 0.2) is 18.3 Å². The molecule has 1 aliphatic heterocycles. The molecule has 0 atom stereocenters. The molecular formula is C17H29N3S. The standard InChI is InChI=1S/C17H29N3S/c1-16(2,3)19-13-14-12-15(6-8-18-14)20-9-7-17(4,5)21-11-10-20/h6,8,12,19H,7,9-11,13H2,1-5H3. The van der Waals surface area contributed by atoms with E-state index in [1.165, 1.54) is 17.9 Å². The topological polar surface area (TPSA) is 28.2 Å². The zero-order chi connectivity index (χ0) is 15.5. The summed E-state index contributed by atoms with van der Waals surface area (Å²) in [5.74, 6) is 1.20. The highest BCUT2D eigenvalue weighted by Crippen LogP contribution is 2.32. The first kappa shape index (κ1) is 16.6. The largest absolute Gasteiger partial charge is 0.371 e. The number of rotatable bonds is 3. The van der Waals surface area contributed by atoms with E-state index in [1.54, 1.807) is 0 Å². The Morgan fingerprint density at radius 1 is 1.33 bits per heavy atom. The zero-order valence-corrected chi connectivity index (χ0v) is 14.9. The smallest absolute Gasteiger partial charge is 0.0562 e. The lowest BCUT2D eigenvalue weighted by molar-refractivity contribution is 0.421. The van der Waals surface area contributed by atoms with Gasteiger partial charge in [-0.15, -0.1) is 0 Å². The molecule has 1 aromatic heterocycles. The van der Waals surface area contributed by atoms with Crippen LogP contribution in [0.2, 0.25) is 0 Å². The van der Waals surface area contributed by atoms with E-state index in [0.29, 0.717) is 4.75 Å². The summed E-state index contributed by atoms with van der Waals surface area (Å²) in [5.41, 5.74) is 2.56. The molecule has 1 N–H and O–H groups in total. The first-order chi connectivity index (χ1) is 9.75. The van der Waals surface area contributed by atoms with Crippen LogP contribution in [-0.4, -0.2) is 34.1 Å². The van der Waals surface area contributed by atoms with Crippen molar-refractivity contribution in [3.63, 3.8) is 0 Å². The Bertz CT molecular complexity index is 465. The molecule has 0 aliphatic carbocycles. The number of nitrogens with zero attached hydrogens (tertiary/aromatic N) is 2. The number of anilines is 1. The summed E-state index contributed by atoms with van der Waals surface area (Å²) in [6, 6.07) is 4.38. The van der Waals surface area contributed by atoms with Crippen LogP contribution in [0.5, 0.6) is 0 Å². The van der Waals surface area contributed by atoms with E-state index in [9.17, 15) is 0 Å². The summed E-state index contributed by atoms with van der Waals surface area (Å²) in [7, 11) is 0. The summed E-state index contributed by atoms with van der Waals surface area (Å²) in [6.45, 7) is 14.4. The maximum Gasteiger partial charge on any atom is 0.0562 e. The second kappa shape index (κ2) is 6.57. The number of pyridine rings is 1. The van der Waals surface area contributed by atoms with Gasteiger partial charge in [-0.3, -0.25) is 4.98 Å². The van der Waals surface area contributed by atoms with E-state index in [4.69, 9.17) is 0 Å². The van der Waals surface area contributed by atoms with Gasteiger partial charge in [-0.1, -0.05) is 13.8 Å². The van der Waals surface area contributed by atoms with Crippen LogP contribution in [0.25, 0.3) is 0 Å². The van der Waals surface area contributed by atoms with Gasteiger partial charge in [0.25, 0.3) is 0 Å². The normalized spacial score (nSPS) is 19.4. The minimum Gasteiger partial charge on any atom is -0.371 e. The lowest BCUT2D eigenvalue weighted by Crippen LogP contribution is -2.35. The third-order valence-corrected chi connectivity index (χ3v) is 5.18. The minimum atomic E-state index is 0.126. The highest BCUT2D eigenvalue weighted by molar-refractivity contribution is 8.00. The molecule has 2 heterocycles. The number of nitrogens with one attached hydrogen (secondary N) is 1. The van der Waals surface area contributed by atoms with Crippen molar-refractivity contribution in [2.24, 2.45) is 0 Å². The van der Waals surface area contributed by atoms with E-state index in [0.717, 1.165) is 25.3 Å². The van der Waals surface area contributed by atoms with E-state index >= 15 is 0 Å². The summed E-state index contributed by atoms with van der Waals surface area (Å²) >= 11 is 2.09. The van der Waals surface area contributed by atoms with Crippen LogP contribution >= 0.6 is 11.8 Å². The van der Waals surface area contributed by atoms with Crippen molar-refractivity contribution < 1.29 is 0 Å². The van der Waals surface area contributed by atoms with Crippen molar-refractivity contribution in [1.82, 2.24) is 10.3 Å². The van der Waals surface area contributed by atoms with Crippen molar-refractivity contribution in [3.8, 4) is 0 Å². The maximum atomic E-state index is 4.49. The average molecular weight is 308 g/mol. The molecule has 0 unspecified atom stereocenters. The molecule has 1 fully saturated rings. The Morgan fingerprint density at radius 2 is 2.10 bits per heavy atom. The molecule has 0 radical (unpaired) electrons. The van der Waals surface area contributed by atoms with Crippen LogP contribution in [0, 0.1) is 0 Å². The molecule has 118 valence electrons. The maximum absolute atomic E-state index is 4.49. The quantitative estimate of drug-likeness (QED) is 0.922. The van der Waals surface area contributed by atoms with Gasteiger partial charge < -0.3 is 10.2 Å². The van der Waals surface area contributed by atoms with Crippen molar-refractivity contribution in [2.75, 3.05) is 23.7 Å². The Hall–Kier alpha value is -0.740. The molecule has 2 rings (SSSR count). The number of hydrogen-bond donors (Lipinski definition) is 1. The van der Waals surface area contributed by atoms with E-state index in [1.807, 2.05) is 6.20 Å². The Balaban J connectivity index is 2.03. The molecule has 0 amide bonds. The van der Waals surface area contributed by atoms with Crippen molar-refractivity contribution >= 4 is 17.4 Å². The van der Waals surface area contributed by atoms with Gasteiger partial charge in [0.1, 0.15) is 0 Å². The number of aromatic nitrogens is 1. The molecule has 1 saturated heterocycles. The number of hydrogen-bond acceptors (Lipinski definition) is 4. The molecule has 1 aromatic rings. The average Bonchev–Trinajstić information content (AvgIpc) is 2.57. The fourth-order valence-corrected chi connectivity index (χ4v) is 3.49. The molecule has 0 spiro atoms. The monoisotopic (exact) mass is 307 g/mol. The Labute approximate surface area is 133 Å². The summed E-state index contributed by atoms with van der Waals surface area (Å²) in [6.07, 6.45) is 3.17. The predicted octanol–water partition coefficient (Wildman–Crippen LogP) is 3.69. The van der Waals surface area contributed by atoms with E-state index < -0.39 is 0 Å². The lowest BCUT2D eigenvalue weighted by atomic mass is 10.1. The third-order valence-electron chi connectivity index (χ3n) is 3.80. The first-order valence-corrected chi connectivity index (χ1v) is 8.83. The SMILES string of the molecule is CC(C)(C)NCc1cc(N2CCSC(C)(C)CC2)ccn1. The number of thioether (sulfide) groups is 1. The van der Waals surface area contributed by atoms with Crippen molar-refractivity contribution in [3.05, 3.63) is 24.0 Å². The summed E-state index contributed by atoms with van der Waals surface area (Å²) in [5, 5.41) is 3.51. The van der Waals surface area contributed by atoms with Crippen LogP contribution < -0.4 is 10.2 Å². The minimum absolute atomic E-state index is 0.126. The second-order valence-corrected chi connectivity index (χ2v) is 9.26. The Morgan fingerprint density at radius 3 is 2.81 bits per heavy atom. The van der Waals surface area contributed by atoms with Gasteiger partial charge >= 0.3 is 0 Å². The molecule has 0 saturated carbocycles. The van der Waals surface area contributed by atoms with E-state index in [-0.39, 0.29) is 5.54 Å². The highest BCUT2D eigenvalue weighted by atomic mass is 32.2. The first-order valence-electron chi connectivity index (χ1n) is 7.84. The molecule has 4 heteroatoms. The van der Waals surface area contributed by atoms with Gasteiger partial charge in [0.15, 0.2) is 0 Å². The second-order valence-electron chi connectivity index (χ2n) is 7.45. The molecule has 0 bridgehead atoms. The molecular weight excluding hydrogens is 278 g/mol. The lowest BCUT2D eigenvalue weighted by Gasteiger charge is -2.25. The van der Waals surface area contributed by atoms with Gasteiger partial charge in [-0.25, -0.2) is 0 Å². The molecule has 3 nitrogen and oxygen atoms in total. The summed E-state index contributed by atoms with van der Waals surface area (Å²) < 4.78 is 0.401. The fourth-order valence-electron chi connectivity index (χ4n) is 2.39. The summed E-state index contributed by atoms with van der Waals surface area (Å²) in [4.78, 5) is 7.00. The van der Waals surface area contributed by atoms with Gasteiger partial charge in [-0.2, -0.15) is 11.8 Å². The van der Waals surface area contributed by atoms with Crippen molar-refractivity contribution in [1.29, 1.82) is 0 Å². The van der Waals surface area contributed by atoms with E-state index in [2.05, 4.69) is 73.7 Å². The van der Waals surface area contributed by atoms with Crippen LogP contribution in [0.4, 0.5) is 5.69 Å². The Kier molecular flexibility index (Phi) is 5.20. The molecule has 0 aromatic carbocycles. The molecule has 21 heavy (non-hydrogen) atoms. The van der Waals surface area contributed by atoms with Gasteiger partial charge in [0.2, 0.25) is 0 Å². The third kappa shape index (κ3) is 5.51. The van der Waals surface area contributed by atoms with Gasteiger partial charge in [0.05, 0.1) is 5.69 Å². The molecule has 1 aliphatic rings. The fraction of sp³-hybridized carbons (Fsp3) is 0.706.